The molecule has 43 heavy (non-hydrogen) atoms. The predicted molar refractivity (Wildman–Crippen MR) is 165 cm³/mol. The first-order chi connectivity index (χ1) is 20.8. The van der Waals surface area contributed by atoms with Gasteiger partial charge in [-0.3, -0.25) is 4.79 Å². The van der Waals surface area contributed by atoms with Crippen molar-refractivity contribution >= 4 is 40.2 Å². The van der Waals surface area contributed by atoms with E-state index in [0.29, 0.717) is 44.6 Å². The predicted octanol–water partition coefficient (Wildman–Crippen LogP) is 6.83. The lowest BCUT2D eigenvalue weighted by Gasteiger charge is -2.15. The van der Waals surface area contributed by atoms with Crippen LogP contribution < -0.4 is 19.5 Å². The SMILES string of the molecule is COc1ccc(-c2nc3ccc(C(=O)OC(C)C(=O)Nc4ccc(OC)c(Cl)c4)cc3nc2-c2ccc(OC)cc2)cc1. The van der Waals surface area contributed by atoms with Crippen LogP contribution in [0.25, 0.3) is 33.5 Å². The summed E-state index contributed by atoms with van der Waals surface area (Å²) >= 11 is 6.14. The van der Waals surface area contributed by atoms with Crippen molar-refractivity contribution < 1.29 is 28.5 Å². The Hall–Kier alpha value is -5.15. The monoisotopic (exact) mass is 597 g/mol. The molecule has 5 aromatic rings. The minimum Gasteiger partial charge on any atom is -0.497 e. The Bertz CT molecular complexity index is 1790. The molecule has 1 atom stereocenters. The molecule has 5 rings (SSSR count). The van der Waals surface area contributed by atoms with E-state index < -0.39 is 18.0 Å². The second kappa shape index (κ2) is 12.8. The minimum absolute atomic E-state index is 0.229. The fraction of sp³-hybridized carbons (Fsp3) is 0.152. The number of hydrogen-bond donors (Lipinski definition) is 1. The van der Waals surface area contributed by atoms with Crippen LogP contribution in [0, 0.1) is 0 Å². The highest BCUT2D eigenvalue weighted by Gasteiger charge is 2.21. The summed E-state index contributed by atoms with van der Waals surface area (Å²) in [5.74, 6) is 0.722. The third-order valence-electron chi connectivity index (χ3n) is 6.70. The number of ether oxygens (including phenoxy) is 4. The molecule has 1 aromatic heterocycles. The summed E-state index contributed by atoms with van der Waals surface area (Å²) in [6.45, 7) is 1.49. The summed E-state index contributed by atoms with van der Waals surface area (Å²) in [5, 5.41) is 3.03. The number of nitrogens with zero attached hydrogens (tertiary/aromatic N) is 2. The Morgan fingerprint density at radius 3 is 1.84 bits per heavy atom. The summed E-state index contributed by atoms with van der Waals surface area (Å²) in [6.07, 6.45) is -1.08. The molecule has 0 aliphatic heterocycles. The molecule has 10 heteroatoms. The Labute approximate surface area is 253 Å². The van der Waals surface area contributed by atoms with Gasteiger partial charge in [-0.05, 0) is 91.9 Å². The van der Waals surface area contributed by atoms with Crippen LogP contribution in [-0.4, -0.2) is 49.3 Å². The summed E-state index contributed by atoms with van der Waals surface area (Å²) < 4.78 is 21.2. The normalized spacial score (nSPS) is 11.5. The highest BCUT2D eigenvalue weighted by molar-refractivity contribution is 6.32. The van der Waals surface area contributed by atoms with Crippen LogP contribution in [0.4, 0.5) is 5.69 Å². The van der Waals surface area contributed by atoms with E-state index >= 15 is 0 Å². The van der Waals surface area contributed by atoms with Crippen molar-refractivity contribution in [3.8, 4) is 39.8 Å². The van der Waals surface area contributed by atoms with Gasteiger partial charge in [-0.1, -0.05) is 11.6 Å². The van der Waals surface area contributed by atoms with Gasteiger partial charge in [0, 0.05) is 16.8 Å². The maximum Gasteiger partial charge on any atom is 0.338 e. The standard InChI is InChI=1S/C33H28ClN3O6/c1-19(32(38)35-23-10-16-29(42-4)26(34)18-23)43-33(39)22-9-15-27-28(17-22)37-31(21-7-13-25(41-3)14-8-21)30(36-27)20-5-11-24(40-2)12-6-20/h5-19H,1-4H3,(H,35,38). The van der Waals surface area contributed by atoms with Crippen molar-refractivity contribution in [3.05, 3.63) is 95.5 Å². The third-order valence-corrected chi connectivity index (χ3v) is 6.99. The number of aromatic nitrogens is 2. The lowest BCUT2D eigenvalue weighted by Crippen LogP contribution is -2.30. The van der Waals surface area contributed by atoms with Crippen LogP contribution in [-0.2, 0) is 9.53 Å². The number of nitrogens with one attached hydrogen (secondary N) is 1. The van der Waals surface area contributed by atoms with Gasteiger partial charge in [0.05, 0.1) is 54.3 Å². The van der Waals surface area contributed by atoms with E-state index in [0.717, 1.165) is 16.9 Å². The molecule has 0 aliphatic carbocycles. The number of halogens is 1. The smallest absolute Gasteiger partial charge is 0.338 e. The van der Waals surface area contributed by atoms with Crippen molar-refractivity contribution in [2.24, 2.45) is 0 Å². The van der Waals surface area contributed by atoms with Gasteiger partial charge in [0.2, 0.25) is 0 Å². The number of fused-ring (bicyclic) bond motifs is 1. The van der Waals surface area contributed by atoms with Gasteiger partial charge >= 0.3 is 5.97 Å². The lowest BCUT2D eigenvalue weighted by atomic mass is 10.0. The van der Waals surface area contributed by atoms with Crippen LogP contribution in [0.3, 0.4) is 0 Å². The Kier molecular flexibility index (Phi) is 8.73. The highest BCUT2D eigenvalue weighted by Crippen LogP contribution is 2.33. The number of hydrogen-bond acceptors (Lipinski definition) is 8. The average molecular weight is 598 g/mol. The molecule has 1 unspecified atom stereocenters. The first-order valence-electron chi connectivity index (χ1n) is 13.3. The maximum atomic E-state index is 13.1. The average Bonchev–Trinajstić information content (AvgIpc) is 3.04. The second-order valence-corrected chi connectivity index (χ2v) is 9.87. The zero-order chi connectivity index (χ0) is 30.5. The topological polar surface area (TPSA) is 109 Å². The number of carbonyl (C=O) groups is 2. The summed E-state index contributed by atoms with van der Waals surface area (Å²) in [4.78, 5) is 35.6. The van der Waals surface area contributed by atoms with E-state index in [4.69, 9.17) is 40.5 Å². The highest BCUT2D eigenvalue weighted by atomic mass is 35.5. The van der Waals surface area contributed by atoms with E-state index in [2.05, 4.69) is 5.32 Å². The quantitative estimate of drug-likeness (QED) is 0.184. The number of benzene rings is 4. The van der Waals surface area contributed by atoms with Gasteiger partial charge in [-0.2, -0.15) is 0 Å². The Morgan fingerprint density at radius 1 is 0.721 bits per heavy atom. The molecule has 0 aliphatic rings. The van der Waals surface area contributed by atoms with Crippen LogP contribution in [0.2, 0.25) is 5.02 Å². The third kappa shape index (κ3) is 6.52. The molecule has 1 N–H and O–H groups in total. The molecule has 218 valence electrons. The molecule has 4 aromatic carbocycles. The first-order valence-corrected chi connectivity index (χ1v) is 13.6. The van der Waals surface area contributed by atoms with Gasteiger partial charge in [0.25, 0.3) is 5.91 Å². The molecule has 0 radical (unpaired) electrons. The van der Waals surface area contributed by atoms with E-state index in [1.165, 1.54) is 14.0 Å². The summed E-state index contributed by atoms with van der Waals surface area (Å²) in [5.41, 5.74) is 4.70. The number of anilines is 1. The van der Waals surface area contributed by atoms with Crippen molar-refractivity contribution in [2.75, 3.05) is 26.6 Å². The summed E-state index contributed by atoms with van der Waals surface area (Å²) in [6, 6.07) is 24.8. The summed E-state index contributed by atoms with van der Waals surface area (Å²) in [7, 11) is 4.72. The molecular formula is C33H28ClN3O6. The van der Waals surface area contributed by atoms with Gasteiger partial charge in [0.15, 0.2) is 6.10 Å². The minimum atomic E-state index is -1.08. The second-order valence-electron chi connectivity index (χ2n) is 9.47. The molecule has 9 nitrogen and oxygen atoms in total. The molecular weight excluding hydrogens is 570 g/mol. The van der Waals surface area contributed by atoms with E-state index in [9.17, 15) is 9.59 Å². The first kappa shape index (κ1) is 29.3. The van der Waals surface area contributed by atoms with Gasteiger partial charge in [-0.25, -0.2) is 14.8 Å². The van der Waals surface area contributed by atoms with Crippen LogP contribution >= 0.6 is 11.6 Å². The van der Waals surface area contributed by atoms with E-state index in [1.807, 2.05) is 48.5 Å². The zero-order valence-electron chi connectivity index (χ0n) is 23.9. The van der Waals surface area contributed by atoms with E-state index in [1.54, 1.807) is 50.6 Å². The molecule has 0 bridgehead atoms. The molecule has 0 saturated carbocycles. The van der Waals surface area contributed by atoms with Gasteiger partial charge in [-0.15, -0.1) is 0 Å². The van der Waals surface area contributed by atoms with Crippen LogP contribution in [0.5, 0.6) is 17.2 Å². The fourth-order valence-electron chi connectivity index (χ4n) is 4.35. The van der Waals surface area contributed by atoms with Gasteiger partial charge in [0.1, 0.15) is 17.2 Å². The number of methoxy groups -OCH3 is 3. The molecule has 0 fully saturated rings. The van der Waals surface area contributed by atoms with Crippen LogP contribution in [0.1, 0.15) is 17.3 Å². The molecule has 0 spiro atoms. The number of amides is 1. The largest absolute Gasteiger partial charge is 0.497 e. The fourth-order valence-corrected chi connectivity index (χ4v) is 4.61. The van der Waals surface area contributed by atoms with Crippen molar-refractivity contribution in [2.45, 2.75) is 13.0 Å². The van der Waals surface area contributed by atoms with Crippen molar-refractivity contribution in [1.29, 1.82) is 0 Å². The van der Waals surface area contributed by atoms with E-state index in [-0.39, 0.29) is 5.56 Å². The molecule has 0 saturated heterocycles. The number of esters is 1. The molecule has 1 heterocycles. The van der Waals surface area contributed by atoms with Crippen LogP contribution in [0.15, 0.2) is 84.9 Å². The number of carbonyl (C=O) groups excluding carboxylic acids is 2. The lowest BCUT2D eigenvalue weighted by molar-refractivity contribution is -0.123. The Morgan fingerprint density at radius 2 is 1.30 bits per heavy atom. The number of rotatable bonds is 9. The Balaban J connectivity index is 1.42. The zero-order valence-corrected chi connectivity index (χ0v) is 24.6. The molecule has 1 amide bonds. The van der Waals surface area contributed by atoms with Gasteiger partial charge < -0.3 is 24.3 Å². The van der Waals surface area contributed by atoms with Crippen molar-refractivity contribution in [1.82, 2.24) is 9.97 Å². The maximum absolute atomic E-state index is 13.1. The van der Waals surface area contributed by atoms with Crippen molar-refractivity contribution in [3.63, 3.8) is 0 Å².